The van der Waals surface area contributed by atoms with Crippen LogP contribution in [0.25, 0.3) is 0 Å². The van der Waals surface area contributed by atoms with Gasteiger partial charge in [0.15, 0.2) is 0 Å². The Kier molecular flexibility index (Phi) is 5.60. The van der Waals surface area contributed by atoms with E-state index in [1.807, 2.05) is 59.5 Å². The summed E-state index contributed by atoms with van der Waals surface area (Å²) >= 11 is 0. The number of piperidine rings is 1. The molecule has 1 heterocycles. The minimum atomic E-state index is 0.0251. The van der Waals surface area contributed by atoms with E-state index in [0.717, 1.165) is 31.2 Å². The normalized spacial score (nSPS) is 17.2. The Labute approximate surface area is 165 Å². The molecule has 2 aliphatic rings. The largest absolute Gasteiger partial charge is 0.489 e. The lowest BCUT2D eigenvalue weighted by Crippen LogP contribution is -2.46. The highest BCUT2D eigenvalue weighted by molar-refractivity contribution is 5.94. The van der Waals surface area contributed by atoms with Crippen molar-refractivity contribution in [1.82, 2.24) is 10.2 Å². The predicted octanol–water partition coefficient (Wildman–Crippen LogP) is 3.40. The molecule has 2 aromatic carbocycles. The van der Waals surface area contributed by atoms with Gasteiger partial charge >= 0.3 is 0 Å². The molecule has 1 N–H and O–H groups in total. The number of carbonyl (C=O) groups is 2. The summed E-state index contributed by atoms with van der Waals surface area (Å²) in [5.74, 6) is 1.14. The molecule has 2 fully saturated rings. The number of hydrogen-bond donors (Lipinski definition) is 1. The highest BCUT2D eigenvalue weighted by atomic mass is 16.5. The molecule has 1 saturated carbocycles. The molecule has 28 heavy (non-hydrogen) atoms. The third-order valence-corrected chi connectivity index (χ3v) is 5.41. The fraction of sp³-hybridized carbons (Fsp3) is 0.391. The van der Waals surface area contributed by atoms with Crippen molar-refractivity contribution < 1.29 is 14.3 Å². The summed E-state index contributed by atoms with van der Waals surface area (Å²) in [6.45, 7) is 1.82. The standard InChI is InChI=1S/C23H26N2O3/c26-22(18-9-10-18)24-20-11-13-25(14-12-20)23(27)19-7-4-8-21(15-19)28-16-17-5-2-1-3-6-17/h1-8,15,18,20H,9-14,16H2,(H,24,26). The number of carbonyl (C=O) groups excluding carboxylic acids is 2. The molecule has 0 unspecified atom stereocenters. The van der Waals surface area contributed by atoms with E-state index in [-0.39, 0.29) is 23.8 Å². The zero-order valence-corrected chi connectivity index (χ0v) is 16.0. The van der Waals surface area contributed by atoms with Crippen LogP contribution in [0.3, 0.4) is 0 Å². The van der Waals surface area contributed by atoms with E-state index in [0.29, 0.717) is 31.0 Å². The number of nitrogens with one attached hydrogen (secondary N) is 1. The smallest absolute Gasteiger partial charge is 0.253 e. The van der Waals surface area contributed by atoms with Crippen LogP contribution in [0.15, 0.2) is 54.6 Å². The number of likely N-dealkylation sites (tertiary alicyclic amines) is 1. The van der Waals surface area contributed by atoms with Crippen molar-refractivity contribution in [2.24, 2.45) is 5.92 Å². The van der Waals surface area contributed by atoms with Gasteiger partial charge in [0.25, 0.3) is 5.91 Å². The van der Waals surface area contributed by atoms with Gasteiger partial charge in [-0.2, -0.15) is 0 Å². The Morgan fingerprint density at radius 3 is 2.43 bits per heavy atom. The van der Waals surface area contributed by atoms with Crippen molar-refractivity contribution in [2.45, 2.75) is 38.3 Å². The molecule has 5 nitrogen and oxygen atoms in total. The number of nitrogens with zero attached hydrogens (tertiary/aromatic N) is 1. The van der Waals surface area contributed by atoms with E-state index in [9.17, 15) is 9.59 Å². The summed E-state index contributed by atoms with van der Waals surface area (Å²) in [6.07, 6.45) is 3.67. The molecule has 146 valence electrons. The highest BCUT2D eigenvalue weighted by Crippen LogP contribution is 2.29. The fourth-order valence-electron chi connectivity index (χ4n) is 3.53. The number of benzene rings is 2. The van der Waals surface area contributed by atoms with Gasteiger partial charge in [-0.3, -0.25) is 9.59 Å². The average molecular weight is 378 g/mol. The summed E-state index contributed by atoms with van der Waals surface area (Å²) in [5, 5.41) is 3.12. The fourth-order valence-corrected chi connectivity index (χ4v) is 3.53. The first-order valence-electron chi connectivity index (χ1n) is 10.1. The van der Waals surface area contributed by atoms with Gasteiger partial charge in [-0.15, -0.1) is 0 Å². The average Bonchev–Trinajstić information content (AvgIpc) is 3.59. The van der Waals surface area contributed by atoms with E-state index < -0.39 is 0 Å². The molecule has 5 heteroatoms. The molecule has 0 spiro atoms. The molecule has 0 aromatic heterocycles. The third-order valence-electron chi connectivity index (χ3n) is 5.41. The van der Waals surface area contributed by atoms with Crippen LogP contribution < -0.4 is 10.1 Å². The van der Waals surface area contributed by atoms with E-state index >= 15 is 0 Å². The van der Waals surface area contributed by atoms with Gasteiger partial charge in [-0.25, -0.2) is 0 Å². The van der Waals surface area contributed by atoms with Gasteiger partial charge in [0, 0.05) is 30.6 Å². The maximum Gasteiger partial charge on any atom is 0.253 e. The Hall–Kier alpha value is -2.82. The second-order valence-electron chi connectivity index (χ2n) is 7.65. The van der Waals surface area contributed by atoms with Crippen molar-refractivity contribution in [3.05, 3.63) is 65.7 Å². The van der Waals surface area contributed by atoms with Gasteiger partial charge in [0.1, 0.15) is 12.4 Å². The Morgan fingerprint density at radius 1 is 0.964 bits per heavy atom. The molecule has 1 aliphatic heterocycles. The topological polar surface area (TPSA) is 58.6 Å². The van der Waals surface area contributed by atoms with Crippen LogP contribution in [0.4, 0.5) is 0 Å². The Balaban J connectivity index is 1.30. The molecule has 2 amide bonds. The molecule has 4 rings (SSSR count). The van der Waals surface area contributed by atoms with Crippen LogP contribution in [0, 0.1) is 5.92 Å². The summed E-state index contributed by atoms with van der Waals surface area (Å²) in [5.41, 5.74) is 1.74. The zero-order valence-electron chi connectivity index (χ0n) is 16.0. The van der Waals surface area contributed by atoms with Crippen LogP contribution in [-0.2, 0) is 11.4 Å². The third kappa shape index (κ3) is 4.71. The number of amides is 2. The molecular weight excluding hydrogens is 352 g/mol. The van der Waals surface area contributed by atoms with Gasteiger partial charge in [0.05, 0.1) is 0 Å². The number of ether oxygens (including phenoxy) is 1. The lowest BCUT2D eigenvalue weighted by molar-refractivity contribution is -0.123. The number of hydrogen-bond acceptors (Lipinski definition) is 3. The van der Waals surface area contributed by atoms with Crippen LogP contribution in [0.1, 0.15) is 41.6 Å². The molecular formula is C23H26N2O3. The molecule has 0 radical (unpaired) electrons. The van der Waals surface area contributed by atoms with Crippen LogP contribution in [0.2, 0.25) is 0 Å². The second-order valence-corrected chi connectivity index (χ2v) is 7.65. The first-order chi connectivity index (χ1) is 13.7. The van der Waals surface area contributed by atoms with Gasteiger partial charge in [-0.05, 0) is 49.4 Å². The van der Waals surface area contributed by atoms with Crippen molar-refractivity contribution in [1.29, 1.82) is 0 Å². The summed E-state index contributed by atoms with van der Waals surface area (Å²) in [7, 11) is 0. The molecule has 1 saturated heterocycles. The first-order valence-corrected chi connectivity index (χ1v) is 10.1. The molecule has 1 aliphatic carbocycles. The van der Waals surface area contributed by atoms with Crippen molar-refractivity contribution >= 4 is 11.8 Å². The van der Waals surface area contributed by atoms with Crippen molar-refractivity contribution in [3.63, 3.8) is 0 Å². The van der Waals surface area contributed by atoms with Gasteiger partial charge in [0.2, 0.25) is 5.91 Å². The first kappa shape index (κ1) is 18.5. The van der Waals surface area contributed by atoms with Crippen molar-refractivity contribution in [2.75, 3.05) is 13.1 Å². The van der Waals surface area contributed by atoms with E-state index in [1.165, 1.54) is 0 Å². The molecule has 0 atom stereocenters. The second kappa shape index (κ2) is 8.46. The van der Waals surface area contributed by atoms with Crippen LogP contribution >= 0.6 is 0 Å². The van der Waals surface area contributed by atoms with E-state index in [2.05, 4.69) is 5.32 Å². The summed E-state index contributed by atoms with van der Waals surface area (Å²) in [4.78, 5) is 26.6. The Morgan fingerprint density at radius 2 is 1.71 bits per heavy atom. The minimum absolute atomic E-state index is 0.0251. The van der Waals surface area contributed by atoms with Crippen LogP contribution in [0.5, 0.6) is 5.75 Å². The highest BCUT2D eigenvalue weighted by Gasteiger charge is 2.32. The van der Waals surface area contributed by atoms with Gasteiger partial charge < -0.3 is 15.0 Å². The van der Waals surface area contributed by atoms with Crippen molar-refractivity contribution in [3.8, 4) is 5.75 Å². The number of rotatable bonds is 6. The summed E-state index contributed by atoms with van der Waals surface area (Å²) in [6, 6.07) is 17.5. The Bertz CT molecular complexity index is 825. The predicted molar refractivity (Wildman–Crippen MR) is 107 cm³/mol. The summed E-state index contributed by atoms with van der Waals surface area (Å²) < 4.78 is 5.84. The minimum Gasteiger partial charge on any atom is -0.489 e. The van der Waals surface area contributed by atoms with Crippen LogP contribution in [-0.4, -0.2) is 35.8 Å². The maximum absolute atomic E-state index is 12.9. The van der Waals surface area contributed by atoms with E-state index in [4.69, 9.17) is 4.74 Å². The SMILES string of the molecule is O=C(NC1CCN(C(=O)c2cccc(OCc3ccccc3)c2)CC1)C1CC1. The quantitative estimate of drug-likeness (QED) is 0.838. The lowest BCUT2D eigenvalue weighted by Gasteiger charge is -2.32. The maximum atomic E-state index is 12.9. The lowest BCUT2D eigenvalue weighted by atomic mass is 10.0. The van der Waals surface area contributed by atoms with E-state index in [1.54, 1.807) is 0 Å². The molecule has 2 aromatic rings. The molecule has 0 bridgehead atoms. The monoisotopic (exact) mass is 378 g/mol. The van der Waals surface area contributed by atoms with Gasteiger partial charge in [-0.1, -0.05) is 36.4 Å². The zero-order chi connectivity index (χ0) is 19.3.